The van der Waals surface area contributed by atoms with Crippen LogP contribution in [0.15, 0.2) is 18.2 Å². The second-order valence-electron chi connectivity index (χ2n) is 5.85. The Morgan fingerprint density at radius 1 is 1.39 bits per heavy atom. The molecular formula is C16H20N2O5. The lowest BCUT2D eigenvalue weighted by Gasteiger charge is -2.20. The number of hydrogen-bond acceptors (Lipinski definition) is 5. The number of nitrogens with zero attached hydrogens (tertiary/aromatic N) is 2. The van der Waals surface area contributed by atoms with Gasteiger partial charge in [0.1, 0.15) is 0 Å². The number of likely N-dealkylation sites (N-methyl/N-ethyl adjacent to an activating group) is 1. The van der Waals surface area contributed by atoms with E-state index in [1.165, 1.54) is 4.90 Å². The first-order valence-corrected chi connectivity index (χ1v) is 7.60. The van der Waals surface area contributed by atoms with Gasteiger partial charge in [-0.05, 0) is 17.7 Å². The molecule has 0 saturated carbocycles. The average molecular weight is 320 g/mol. The molecule has 0 aliphatic carbocycles. The molecule has 23 heavy (non-hydrogen) atoms. The van der Waals surface area contributed by atoms with E-state index in [1.54, 1.807) is 11.9 Å². The van der Waals surface area contributed by atoms with Crippen molar-refractivity contribution in [3.05, 3.63) is 23.8 Å². The van der Waals surface area contributed by atoms with Crippen molar-refractivity contribution in [1.29, 1.82) is 0 Å². The predicted octanol–water partition coefficient (Wildman–Crippen LogP) is 0.214. The van der Waals surface area contributed by atoms with Crippen LogP contribution in [-0.2, 0) is 16.1 Å². The van der Waals surface area contributed by atoms with E-state index in [2.05, 4.69) is 0 Å². The first kappa shape index (κ1) is 15.6. The Bertz CT molecular complexity index is 618. The molecule has 2 aliphatic heterocycles. The Hall–Kier alpha value is -2.28. The van der Waals surface area contributed by atoms with Gasteiger partial charge in [-0.15, -0.1) is 0 Å². The maximum Gasteiger partial charge on any atom is 0.231 e. The average Bonchev–Trinajstić information content (AvgIpc) is 3.13. The van der Waals surface area contributed by atoms with Crippen LogP contribution in [0.3, 0.4) is 0 Å². The summed E-state index contributed by atoms with van der Waals surface area (Å²) < 4.78 is 10.6. The molecule has 1 aromatic carbocycles. The molecule has 1 saturated heterocycles. The summed E-state index contributed by atoms with van der Waals surface area (Å²) in [6, 6.07) is 5.59. The fourth-order valence-corrected chi connectivity index (χ4v) is 2.92. The van der Waals surface area contributed by atoms with E-state index in [9.17, 15) is 9.59 Å². The minimum Gasteiger partial charge on any atom is -0.454 e. The molecule has 124 valence electrons. The zero-order valence-corrected chi connectivity index (χ0v) is 13.0. The van der Waals surface area contributed by atoms with Crippen LogP contribution in [0.1, 0.15) is 12.0 Å². The number of amides is 2. The quantitative estimate of drug-likeness (QED) is 0.839. The van der Waals surface area contributed by atoms with Crippen LogP contribution in [0.2, 0.25) is 0 Å². The van der Waals surface area contributed by atoms with Crippen molar-refractivity contribution in [3.8, 4) is 11.5 Å². The van der Waals surface area contributed by atoms with Crippen LogP contribution < -0.4 is 9.47 Å². The molecule has 0 bridgehead atoms. The number of carbonyl (C=O) groups is 2. The van der Waals surface area contributed by atoms with Gasteiger partial charge in [-0.2, -0.15) is 0 Å². The summed E-state index contributed by atoms with van der Waals surface area (Å²) in [7, 11) is 1.64. The van der Waals surface area contributed by atoms with Gasteiger partial charge in [0.2, 0.25) is 18.6 Å². The molecule has 1 unspecified atom stereocenters. The lowest BCUT2D eigenvalue weighted by molar-refractivity contribution is -0.135. The van der Waals surface area contributed by atoms with E-state index < -0.39 is 0 Å². The van der Waals surface area contributed by atoms with Gasteiger partial charge in [0.05, 0.1) is 12.5 Å². The SMILES string of the molecule is CN(CCO)C(=O)C1CC(=O)N(Cc2ccc3c(c2)OCO3)C1. The summed E-state index contributed by atoms with van der Waals surface area (Å²) in [6.07, 6.45) is 0.221. The van der Waals surface area contributed by atoms with Crippen molar-refractivity contribution in [2.75, 3.05) is 33.5 Å². The molecule has 3 rings (SSSR count). The van der Waals surface area contributed by atoms with Crippen LogP contribution >= 0.6 is 0 Å². The Labute approximate surface area is 134 Å². The molecule has 1 N–H and O–H groups in total. The molecule has 2 aliphatic rings. The second kappa shape index (κ2) is 6.45. The second-order valence-corrected chi connectivity index (χ2v) is 5.85. The van der Waals surface area contributed by atoms with Crippen LogP contribution in [0, 0.1) is 5.92 Å². The van der Waals surface area contributed by atoms with E-state index >= 15 is 0 Å². The van der Waals surface area contributed by atoms with Gasteiger partial charge in [0.15, 0.2) is 11.5 Å². The summed E-state index contributed by atoms with van der Waals surface area (Å²) in [4.78, 5) is 27.6. The smallest absolute Gasteiger partial charge is 0.231 e. The largest absolute Gasteiger partial charge is 0.454 e. The number of carbonyl (C=O) groups excluding carboxylic acids is 2. The summed E-state index contributed by atoms with van der Waals surface area (Å²) in [5.41, 5.74) is 0.944. The van der Waals surface area contributed by atoms with Crippen molar-refractivity contribution in [3.63, 3.8) is 0 Å². The number of benzene rings is 1. The summed E-state index contributed by atoms with van der Waals surface area (Å²) in [6.45, 7) is 1.27. The van der Waals surface area contributed by atoms with Crippen molar-refractivity contribution in [1.82, 2.24) is 9.80 Å². The molecule has 7 heteroatoms. The highest BCUT2D eigenvalue weighted by molar-refractivity contribution is 5.89. The Morgan fingerprint density at radius 3 is 2.96 bits per heavy atom. The Kier molecular flexibility index (Phi) is 4.38. The summed E-state index contributed by atoms with van der Waals surface area (Å²) >= 11 is 0. The fraction of sp³-hybridized carbons (Fsp3) is 0.500. The van der Waals surface area contributed by atoms with Crippen LogP contribution in [0.5, 0.6) is 11.5 Å². The topological polar surface area (TPSA) is 79.3 Å². The molecule has 7 nitrogen and oxygen atoms in total. The molecular weight excluding hydrogens is 300 g/mol. The monoisotopic (exact) mass is 320 g/mol. The Balaban J connectivity index is 1.63. The first-order chi connectivity index (χ1) is 11.1. The third-order valence-corrected chi connectivity index (χ3v) is 4.19. The normalized spacial score (nSPS) is 19.3. The van der Waals surface area contributed by atoms with Gasteiger partial charge in [0.25, 0.3) is 0 Å². The highest BCUT2D eigenvalue weighted by atomic mass is 16.7. The number of likely N-dealkylation sites (tertiary alicyclic amines) is 1. The van der Waals surface area contributed by atoms with Crippen molar-refractivity contribution >= 4 is 11.8 Å². The Morgan fingerprint density at radius 2 is 2.17 bits per heavy atom. The predicted molar refractivity (Wildman–Crippen MR) is 80.8 cm³/mol. The van der Waals surface area contributed by atoms with E-state index in [-0.39, 0.29) is 44.1 Å². The van der Waals surface area contributed by atoms with Gasteiger partial charge < -0.3 is 24.4 Å². The van der Waals surface area contributed by atoms with E-state index in [1.807, 2.05) is 18.2 Å². The maximum absolute atomic E-state index is 12.2. The van der Waals surface area contributed by atoms with Crippen molar-refractivity contribution in [2.45, 2.75) is 13.0 Å². The van der Waals surface area contributed by atoms with E-state index in [0.717, 1.165) is 5.56 Å². The third kappa shape index (κ3) is 3.24. The standard InChI is InChI=1S/C16H20N2O5/c1-17(4-5-19)16(21)12-7-15(20)18(9-12)8-11-2-3-13-14(6-11)23-10-22-13/h2-3,6,12,19H,4-5,7-10H2,1H3. The van der Waals surface area contributed by atoms with Gasteiger partial charge in [-0.3, -0.25) is 9.59 Å². The lowest BCUT2D eigenvalue weighted by Crippen LogP contribution is -2.36. The lowest BCUT2D eigenvalue weighted by atomic mass is 10.1. The zero-order chi connectivity index (χ0) is 16.4. The number of aliphatic hydroxyl groups is 1. The van der Waals surface area contributed by atoms with E-state index in [4.69, 9.17) is 14.6 Å². The molecule has 1 atom stereocenters. The highest BCUT2D eigenvalue weighted by Gasteiger charge is 2.35. The molecule has 0 spiro atoms. The summed E-state index contributed by atoms with van der Waals surface area (Å²) in [5.74, 6) is 0.927. The van der Waals surface area contributed by atoms with Crippen LogP contribution in [0.25, 0.3) is 0 Å². The molecule has 0 aromatic heterocycles. The number of ether oxygens (including phenoxy) is 2. The molecule has 1 aromatic rings. The number of fused-ring (bicyclic) bond motifs is 1. The van der Waals surface area contributed by atoms with Crippen molar-refractivity contribution in [2.24, 2.45) is 5.92 Å². The van der Waals surface area contributed by atoms with E-state index in [0.29, 0.717) is 24.6 Å². The minimum atomic E-state index is -0.340. The fourth-order valence-electron chi connectivity index (χ4n) is 2.92. The van der Waals surface area contributed by atoms with Crippen LogP contribution in [-0.4, -0.2) is 60.3 Å². The van der Waals surface area contributed by atoms with Gasteiger partial charge in [-0.1, -0.05) is 6.07 Å². The molecule has 1 fully saturated rings. The highest BCUT2D eigenvalue weighted by Crippen LogP contribution is 2.33. The van der Waals surface area contributed by atoms with Gasteiger partial charge in [-0.25, -0.2) is 0 Å². The maximum atomic E-state index is 12.2. The molecule has 2 heterocycles. The van der Waals surface area contributed by atoms with Crippen molar-refractivity contribution < 1.29 is 24.2 Å². The van der Waals surface area contributed by atoms with Gasteiger partial charge >= 0.3 is 0 Å². The van der Waals surface area contributed by atoms with Crippen LogP contribution in [0.4, 0.5) is 0 Å². The first-order valence-electron chi connectivity index (χ1n) is 7.60. The summed E-state index contributed by atoms with van der Waals surface area (Å²) in [5, 5.41) is 8.91. The number of rotatable bonds is 5. The minimum absolute atomic E-state index is 0.0292. The third-order valence-electron chi connectivity index (χ3n) is 4.19. The zero-order valence-electron chi connectivity index (χ0n) is 13.0. The molecule has 0 radical (unpaired) electrons. The van der Waals surface area contributed by atoms with Gasteiger partial charge in [0, 0.05) is 33.1 Å². The number of hydrogen-bond donors (Lipinski definition) is 1. The number of aliphatic hydroxyl groups excluding tert-OH is 1. The molecule has 2 amide bonds.